The van der Waals surface area contributed by atoms with E-state index < -0.39 is 5.79 Å². The van der Waals surface area contributed by atoms with Gasteiger partial charge in [-0.05, 0) is 62.6 Å². The molecule has 0 bridgehead atoms. The number of carbonyl (C=O) groups excluding carboxylic acids is 1. The van der Waals surface area contributed by atoms with Crippen LogP contribution in [0.4, 0.5) is 0 Å². The van der Waals surface area contributed by atoms with Gasteiger partial charge in [0.2, 0.25) is 0 Å². The first-order chi connectivity index (χ1) is 19.9. The molecular formula is C32H33N5O4. The summed E-state index contributed by atoms with van der Waals surface area (Å²) in [6, 6.07) is 15.9. The predicted octanol–water partition coefficient (Wildman–Crippen LogP) is 5.07. The number of rotatable bonds is 8. The lowest BCUT2D eigenvalue weighted by molar-refractivity contribution is -0.139. The maximum atomic E-state index is 13.9. The number of benzene rings is 1. The minimum Gasteiger partial charge on any atom is -0.489 e. The fourth-order valence-corrected chi connectivity index (χ4v) is 5.59. The minimum atomic E-state index is -0.634. The second-order valence-corrected chi connectivity index (χ2v) is 11.4. The third kappa shape index (κ3) is 5.35. The molecule has 1 aromatic carbocycles. The highest BCUT2D eigenvalue weighted by molar-refractivity contribution is 6.03. The molecule has 41 heavy (non-hydrogen) atoms. The van der Waals surface area contributed by atoms with Gasteiger partial charge < -0.3 is 19.1 Å². The first-order valence-corrected chi connectivity index (χ1v) is 14.2. The third-order valence-corrected chi connectivity index (χ3v) is 7.86. The molecule has 2 aliphatic heterocycles. The highest BCUT2D eigenvalue weighted by atomic mass is 16.7. The molecule has 3 aromatic heterocycles. The maximum Gasteiger partial charge on any atom is 0.272 e. The van der Waals surface area contributed by atoms with Crippen LogP contribution in [0.2, 0.25) is 0 Å². The molecule has 9 heteroatoms. The van der Waals surface area contributed by atoms with Crippen LogP contribution in [0.3, 0.4) is 0 Å². The Morgan fingerprint density at radius 3 is 2.49 bits per heavy atom. The normalized spacial score (nSPS) is 19.8. The number of hydrogen-bond acceptors (Lipinski definition) is 7. The molecule has 1 saturated carbocycles. The fourth-order valence-electron chi connectivity index (χ4n) is 5.59. The molecule has 3 aliphatic rings. The molecule has 1 saturated heterocycles. The number of pyridine rings is 2. The second kappa shape index (κ2) is 10.4. The highest BCUT2D eigenvalue weighted by Gasteiger charge is 2.38. The summed E-state index contributed by atoms with van der Waals surface area (Å²) in [4.78, 5) is 24.5. The van der Waals surface area contributed by atoms with Crippen molar-refractivity contribution in [3.05, 3.63) is 84.1 Å². The monoisotopic (exact) mass is 551 g/mol. The van der Waals surface area contributed by atoms with Gasteiger partial charge >= 0.3 is 0 Å². The molecular weight excluding hydrogens is 518 g/mol. The van der Waals surface area contributed by atoms with Gasteiger partial charge in [-0.25, -0.2) is 0 Å². The van der Waals surface area contributed by atoms with E-state index in [0.717, 1.165) is 33.7 Å². The Kier molecular flexibility index (Phi) is 6.55. The van der Waals surface area contributed by atoms with E-state index in [1.807, 2.05) is 66.0 Å². The van der Waals surface area contributed by atoms with E-state index >= 15 is 0 Å². The van der Waals surface area contributed by atoms with Crippen molar-refractivity contribution < 1.29 is 19.0 Å². The quantitative estimate of drug-likeness (QED) is 0.302. The first kappa shape index (κ1) is 25.9. The van der Waals surface area contributed by atoms with Gasteiger partial charge in [-0.1, -0.05) is 18.2 Å². The van der Waals surface area contributed by atoms with Crippen LogP contribution in [0.1, 0.15) is 54.4 Å². The predicted molar refractivity (Wildman–Crippen MR) is 152 cm³/mol. The van der Waals surface area contributed by atoms with E-state index in [9.17, 15) is 4.79 Å². The summed E-state index contributed by atoms with van der Waals surface area (Å²) in [6.45, 7) is 6.34. The van der Waals surface area contributed by atoms with Crippen molar-refractivity contribution >= 4 is 5.91 Å². The molecule has 4 aromatic rings. The zero-order chi connectivity index (χ0) is 28.0. The second-order valence-electron chi connectivity index (χ2n) is 11.4. The Balaban J connectivity index is 1.15. The molecule has 0 N–H and O–H groups in total. The Bertz CT molecular complexity index is 1550. The molecule has 0 spiro atoms. The molecule has 1 amide bonds. The van der Waals surface area contributed by atoms with Crippen molar-refractivity contribution in [1.82, 2.24) is 24.6 Å². The van der Waals surface area contributed by atoms with Crippen LogP contribution in [-0.4, -0.2) is 62.1 Å². The summed E-state index contributed by atoms with van der Waals surface area (Å²) in [6.07, 6.45) is 7.71. The average molecular weight is 552 g/mol. The van der Waals surface area contributed by atoms with Crippen LogP contribution in [0.15, 0.2) is 67.1 Å². The Morgan fingerprint density at radius 1 is 1.00 bits per heavy atom. The molecule has 0 radical (unpaired) electrons. The standard InChI is InChI=1S/C32H33N5O4/c1-32(2)40-20-26(41-32)18-36-15-16-37-30(31(36)38)28(29(35-37)24-11-13-33-14-12-24)23-6-8-25(9-7-23)39-19-21-3-10-27(34-17-21)22-4-5-22/h3,6-14,17,22,26H,4-5,15-16,18-20H2,1-2H3. The van der Waals surface area contributed by atoms with Gasteiger partial charge in [0.15, 0.2) is 5.79 Å². The van der Waals surface area contributed by atoms with E-state index in [4.69, 9.17) is 19.3 Å². The van der Waals surface area contributed by atoms with Crippen LogP contribution in [-0.2, 0) is 22.6 Å². The summed E-state index contributed by atoms with van der Waals surface area (Å²) >= 11 is 0. The molecule has 1 atom stereocenters. The summed E-state index contributed by atoms with van der Waals surface area (Å²) < 4.78 is 19.6. The molecule has 5 heterocycles. The summed E-state index contributed by atoms with van der Waals surface area (Å²) in [5.41, 5.74) is 6.17. The van der Waals surface area contributed by atoms with Gasteiger partial charge in [-0.3, -0.25) is 19.4 Å². The van der Waals surface area contributed by atoms with E-state index in [1.54, 1.807) is 12.4 Å². The van der Waals surface area contributed by atoms with Crippen LogP contribution in [0.25, 0.3) is 22.4 Å². The van der Waals surface area contributed by atoms with Gasteiger partial charge in [0.05, 0.1) is 13.2 Å². The Labute approximate surface area is 239 Å². The minimum absolute atomic E-state index is 0.0603. The van der Waals surface area contributed by atoms with Crippen molar-refractivity contribution in [2.24, 2.45) is 0 Å². The molecule has 210 valence electrons. The molecule has 2 fully saturated rings. The zero-order valence-corrected chi connectivity index (χ0v) is 23.3. The van der Waals surface area contributed by atoms with Crippen molar-refractivity contribution in [2.75, 3.05) is 19.7 Å². The Hall–Kier alpha value is -4.08. The van der Waals surface area contributed by atoms with Crippen LogP contribution in [0.5, 0.6) is 5.75 Å². The smallest absolute Gasteiger partial charge is 0.272 e. The van der Waals surface area contributed by atoms with E-state index in [-0.39, 0.29) is 12.0 Å². The SMILES string of the molecule is CC1(C)OCC(CN2CCn3nc(-c4ccncc4)c(-c4ccc(OCc5ccc(C6CC6)nc5)cc4)c3C2=O)O1. The number of carbonyl (C=O) groups is 1. The summed E-state index contributed by atoms with van der Waals surface area (Å²) in [5, 5.41) is 4.91. The van der Waals surface area contributed by atoms with Crippen LogP contribution in [0, 0.1) is 0 Å². The molecule has 1 unspecified atom stereocenters. The number of ether oxygens (including phenoxy) is 3. The highest BCUT2D eigenvalue weighted by Crippen LogP contribution is 2.39. The van der Waals surface area contributed by atoms with Gasteiger partial charge in [0, 0.05) is 60.0 Å². The molecule has 7 rings (SSSR count). The number of nitrogens with zero attached hydrogens (tertiary/aromatic N) is 5. The largest absolute Gasteiger partial charge is 0.489 e. The zero-order valence-electron chi connectivity index (χ0n) is 23.3. The average Bonchev–Trinajstić information content (AvgIpc) is 3.68. The number of fused-ring (bicyclic) bond motifs is 1. The molecule has 9 nitrogen and oxygen atoms in total. The summed E-state index contributed by atoms with van der Waals surface area (Å²) in [5.74, 6) is 0.696. The lowest BCUT2D eigenvalue weighted by atomic mass is 9.98. The van der Waals surface area contributed by atoms with Crippen molar-refractivity contribution in [3.8, 4) is 28.1 Å². The van der Waals surface area contributed by atoms with Crippen molar-refractivity contribution in [2.45, 2.75) is 57.6 Å². The van der Waals surface area contributed by atoms with E-state index in [1.165, 1.54) is 18.5 Å². The Morgan fingerprint density at radius 2 is 1.80 bits per heavy atom. The maximum absolute atomic E-state index is 13.9. The topological polar surface area (TPSA) is 91.6 Å². The number of aromatic nitrogens is 4. The van der Waals surface area contributed by atoms with Crippen molar-refractivity contribution in [1.29, 1.82) is 0 Å². The van der Waals surface area contributed by atoms with Crippen LogP contribution >= 0.6 is 0 Å². The van der Waals surface area contributed by atoms with E-state index in [0.29, 0.717) is 44.5 Å². The van der Waals surface area contributed by atoms with E-state index in [2.05, 4.69) is 22.1 Å². The first-order valence-electron chi connectivity index (χ1n) is 14.2. The lowest BCUT2D eigenvalue weighted by Gasteiger charge is -2.30. The van der Waals surface area contributed by atoms with Crippen molar-refractivity contribution in [3.63, 3.8) is 0 Å². The van der Waals surface area contributed by atoms with Gasteiger partial charge in [0.1, 0.15) is 29.8 Å². The molecule has 1 aliphatic carbocycles. The fraction of sp³-hybridized carbons (Fsp3) is 0.375. The van der Waals surface area contributed by atoms with Gasteiger partial charge in [0.25, 0.3) is 5.91 Å². The third-order valence-electron chi connectivity index (χ3n) is 7.86. The summed E-state index contributed by atoms with van der Waals surface area (Å²) in [7, 11) is 0. The lowest BCUT2D eigenvalue weighted by Crippen LogP contribution is -2.45. The van der Waals surface area contributed by atoms with Gasteiger partial charge in [-0.15, -0.1) is 0 Å². The van der Waals surface area contributed by atoms with Crippen LogP contribution < -0.4 is 4.74 Å². The number of hydrogen-bond donors (Lipinski definition) is 0. The number of amides is 1. The van der Waals surface area contributed by atoms with Gasteiger partial charge in [-0.2, -0.15) is 5.10 Å².